The van der Waals surface area contributed by atoms with E-state index in [-0.39, 0.29) is 40.2 Å². The second-order valence-corrected chi connectivity index (χ2v) is 7.89. The Hall–Kier alpha value is -2.50. The molecule has 1 N–H and O–H groups in total. The van der Waals surface area contributed by atoms with Crippen LogP contribution in [0.25, 0.3) is 0 Å². The van der Waals surface area contributed by atoms with Crippen molar-refractivity contribution in [2.75, 3.05) is 18.9 Å². The number of rotatable bonds is 4. The van der Waals surface area contributed by atoms with Crippen molar-refractivity contribution in [3.8, 4) is 0 Å². The zero-order chi connectivity index (χ0) is 19.8. The van der Waals surface area contributed by atoms with Gasteiger partial charge in [-0.05, 0) is 32.0 Å². The predicted octanol–water partition coefficient (Wildman–Crippen LogP) is 3.93. The van der Waals surface area contributed by atoms with Gasteiger partial charge in [0.05, 0.1) is 17.3 Å². The van der Waals surface area contributed by atoms with Crippen molar-refractivity contribution in [1.82, 2.24) is 4.90 Å². The second-order valence-electron chi connectivity index (χ2n) is 7.48. The molecular formula is C22H21ClN2O3. The Morgan fingerprint density at radius 3 is 2.21 bits per heavy atom. The van der Waals surface area contributed by atoms with Gasteiger partial charge in [-0.1, -0.05) is 48.7 Å². The fourth-order valence-corrected chi connectivity index (χ4v) is 4.32. The van der Waals surface area contributed by atoms with E-state index >= 15 is 0 Å². The second kappa shape index (κ2) is 7.49. The first-order valence-corrected chi connectivity index (χ1v) is 9.85. The molecule has 1 saturated carbocycles. The van der Waals surface area contributed by atoms with Gasteiger partial charge < -0.3 is 5.32 Å². The van der Waals surface area contributed by atoms with Gasteiger partial charge in [0.15, 0.2) is 11.6 Å². The van der Waals surface area contributed by atoms with E-state index in [1.807, 2.05) is 7.05 Å². The molecule has 0 bridgehead atoms. The zero-order valence-electron chi connectivity index (χ0n) is 15.6. The van der Waals surface area contributed by atoms with Crippen molar-refractivity contribution in [2.24, 2.45) is 0 Å². The third-order valence-electron chi connectivity index (χ3n) is 5.63. The minimum absolute atomic E-state index is 0.189. The summed E-state index contributed by atoms with van der Waals surface area (Å²) >= 11 is 6.32. The van der Waals surface area contributed by atoms with Crippen LogP contribution in [0.4, 0.5) is 5.69 Å². The minimum atomic E-state index is -0.236. The summed E-state index contributed by atoms with van der Waals surface area (Å²) < 4.78 is 0. The highest BCUT2D eigenvalue weighted by Crippen LogP contribution is 2.33. The Kier molecular flexibility index (Phi) is 5.04. The minimum Gasteiger partial charge on any atom is -0.324 e. The number of amides is 1. The molecule has 1 fully saturated rings. The van der Waals surface area contributed by atoms with Crippen LogP contribution in [-0.4, -0.2) is 42.0 Å². The standard InChI is InChI=1S/C22H21ClN2O3/c1-25(13-6-2-3-7-13)12-20(26)24-19-11-17-16(10-18(19)23)21(27)14-8-4-5-9-15(14)22(17)28/h4-5,8-11,13H,2-3,6-7,12H2,1H3,(H,24,26). The maximum absolute atomic E-state index is 12.8. The number of likely N-dealkylation sites (N-methyl/N-ethyl adjacent to an activating group) is 1. The predicted molar refractivity (Wildman–Crippen MR) is 108 cm³/mol. The molecule has 144 valence electrons. The number of halogens is 1. The van der Waals surface area contributed by atoms with E-state index in [0.717, 1.165) is 12.8 Å². The molecule has 2 aliphatic rings. The fraction of sp³-hybridized carbons (Fsp3) is 0.318. The van der Waals surface area contributed by atoms with Crippen LogP contribution in [-0.2, 0) is 4.79 Å². The molecular weight excluding hydrogens is 376 g/mol. The quantitative estimate of drug-likeness (QED) is 0.725. The first kappa shape index (κ1) is 18.8. The van der Waals surface area contributed by atoms with Gasteiger partial charge in [0, 0.05) is 28.3 Å². The van der Waals surface area contributed by atoms with Gasteiger partial charge in [-0.2, -0.15) is 0 Å². The molecule has 0 heterocycles. The molecule has 1 amide bonds. The van der Waals surface area contributed by atoms with Crippen LogP contribution in [0.1, 0.15) is 57.5 Å². The summed E-state index contributed by atoms with van der Waals surface area (Å²) in [5.41, 5.74) is 1.65. The van der Waals surface area contributed by atoms with Crippen LogP contribution in [0, 0.1) is 0 Å². The molecule has 0 spiro atoms. The third-order valence-corrected chi connectivity index (χ3v) is 5.94. The molecule has 0 unspecified atom stereocenters. The van der Waals surface area contributed by atoms with E-state index in [4.69, 9.17) is 11.6 Å². The van der Waals surface area contributed by atoms with Crippen molar-refractivity contribution in [1.29, 1.82) is 0 Å². The smallest absolute Gasteiger partial charge is 0.238 e. The van der Waals surface area contributed by atoms with E-state index in [1.54, 1.807) is 24.3 Å². The summed E-state index contributed by atoms with van der Waals surface area (Å²) in [5, 5.41) is 3.04. The van der Waals surface area contributed by atoms with Gasteiger partial charge in [-0.3, -0.25) is 19.3 Å². The van der Waals surface area contributed by atoms with Crippen LogP contribution >= 0.6 is 11.6 Å². The van der Waals surface area contributed by atoms with Gasteiger partial charge in [-0.15, -0.1) is 0 Å². The summed E-state index contributed by atoms with van der Waals surface area (Å²) in [6.07, 6.45) is 4.62. The normalized spacial score (nSPS) is 16.2. The molecule has 6 heteroatoms. The largest absolute Gasteiger partial charge is 0.324 e. The molecule has 28 heavy (non-hydrogen) atoms. The molecule has 2 aromatic rings. The van der Waals surface area contributed by atoms with Crippen molar-refractivity contribution in [3.05, 3.63) is 63.7 Å². The number of hydrogen-bond donors (Lipinski definition) is 1. The molecule has 0 aliphatic heterocycles. The van der Waals surface area contributed by atoms with Crippen LogP contribution in [0.5, 0.6) is 0 Å². The van der Waals surface area contributed by atoms with Crippen molar-refractivity contribution in [2.45, 2.75) is 31.7 Å². The van der Waals surface area contributed by atoms with Crippen LogP contribution in [0.2, 0.25) is 5.02 Å². The first-order valence-electron chi connectivity index (χ1n) is 9.48. The lowest BCUT2D eigenvalue weighted by Crippen LogP contribution is -2.36. The molecule has 2 aliphatic carbocycles. The van der Waals surface area contributed by atoms with E-state index in [9.17, 15) is 14.4 Å². The van der Waals surface area contributed by atoms with Gasteiger partial charge in [-0.25, -0.2) is 0 Å². The molecule has 0 aromatic heterocycles. The monoisotopic (exact) mass is 396 g/mol. The van der Waals surface area contributed by atoms with Crippen molar-refractivity contribution < 1.29 is 14.4 Å². The third kappa shape index (κ3) is 3.36. The number of benzene rings is 2. The Bertz CT molecular complexity index is 980. The van der Waals surface area contributed by atoms with E-state index < -0.39 is 0 Å². The highest BCUT2D eigenvalue weighted by Gasteiger charge is 2.30. The fourth-order valence-electron chi connectivity index (χ4n) is 4.10. The molecule has 2 aromatic carbocycles. The van der Waals surface area contributed by atoms with Gasteiger partial charge in [0.2, 0.25) is 5.91 Å². The summed E-state index contributed by atoms with van der Waals surface area (Å²) in [6, 6.07) is 10.2. The average molecular weight is 397 g/mol. The van der Waals surface area contributed by atoms with Gasteiger partial charge >= 0.3 is 0 Å². The number of nitrogens with one attached hydrogen (secondary N) is 1. The van der Waals surface area contributed by atoms with Crippen molar-refractivity contribution >= 4 is 34.8 Å². The van der Waals surface area contributed by atoms with E-state index in [1.165, 1.54) is 25.0 Å². The lowest BCUT2D eigenvalue weighted by atomic mass is 9.84. The van der Waals surface area contributed by atoms with Crippen LogP contribution < -0.4 is 5.32 Å². The zero-order valence-corrected chi connectivity index (χ0v) is 16.4. The summed E-state index contributed by atoms with van der Waals surface area (Å²) in [5.74, 6) is -0.655. The maximum Gasteiger partial charge on any atom is 0.238 e. The summed E-state index contributed by atoms with van der Waals surface area (Å²) in [4.78, 5) is 40.1. The lowest BCUT2D eigenvalue weighted by Gasteiger charge is -2.23. The highest BCUT2D eigenvalue weighted by molar-refractivity contribution is 6.36. The van der Waals surface area contributed by atoms with E-state index in [2.05, 4.69) is 10.2 Å². The van der Waals surface area contributed by atoms with Crippen LogP contribution in [0.15, 0.2) is 36.4 Å². The number of fused-ring (bicyclic) bond motifs is 2. The van der Waals surface area contributed by atoms with Crippen molar-refractivity contribution in [3.63, 3.8) is 0 Å². The van der Waals surface area contributed by atoms with E-state index in [0.29, 0.717) is 22.9 Å². The molecule has 0 saturated heterocycles. The Balaban J connectivity index is 1.57. The molecule has 4 rings (SSSR count). The Morgan fingerprint density at radius 2 is 1.61 bits per heavy atom. The number of anilines is 1. The van der Waals surface area contributed by atoms with Crippen LogP contribution in [0.3, 0.4) is 0 Å². The number of nitrogens with zero attached hydrogens (tertiary/aromatic N) is 1. The number of carbonyl (C=O) groups excluding carboxylic acids is 3. The molecule has 0 radical (unpaired) electrons. The highest BCUT2D eigenvalue weighted by atomic mass is 35.5. The first-order chi connectivity index (χ1) is 13.5. The average Bonchev–Trinajstić information content (AvgIpc) is 3.22. The molecule has 0 atom stereocenters. The van der Waals surface area contributed by atoms with Gasteiger partial charge in [0.1, 0.15) is 0 Å². The Labute approximate surface area is 168 Å². The number of hydrogen-bond acceptors (Lipinski definition) is 4. The maximum atomic E-state index is 12.8. The summed E-state index contributed by atoms with van der Waals surface area (Å²) in [6.45, 7) is 0.258. The Morgan fingerprint density at radius 1 is 1.04 bits per heavy atom. The topological polar surface area (TPSA) is 66.5 Å². The summed E-state index contributed by atoms with van der Waals surface area (Å²) in [7, 11) is 1.95. The molecule has 5 nitrogen and oxygen atoms in total. The SMILES string of the molecule is CN(CC(=O)Nc1cc2c(cc1Cl)C(=O)c1ccccc1C2=O)C1CCCC1. The lowest BCUT2D eigenvalue weighted by molar-refractivity contribution is -0.117. The van der Waals surface area contributed by atoms with Gasteiger partial charge in [0.25, 0.3) is 0 Å². The number of ketones is 2. The number of carbonyl (C=O) groups is 3.